The molecule has 0 saturated carbocycles. The highest BCUT2D eigenvalue weighted by Crippen LogP contribution is 2.17. The van der Waals surface area contributed by atoms with Crippen LogP contribution >= 0.6 is 0 Å². The highest BCUT2D eigenvalue weighted by Gasteiger charge is 2.20. The molecule has 1 aromatic heterocycles. The molecule has 1 aromatic carbocycles. The van der Waals surface area contributed by atoms with Gasteiger partial charge in [-0.25, -0.2) is 0 Å². The van der Waals surface area contributed by atoms with E-state index in [1.165, 1.54) is 12.5 Å². The summed E-state index contributed by atoms with van der Waals surface area (Å²) in [5.74, 6) is -0.0491. The maximum Gasteiger partial charge on any atom is 0.257 e. The molecule has 2 aromatic rings. The van der Waals surface area contributed by atoms with Crippen molar-refractivity contribution in [2.24, 2.45) is 0 Å². The smallest absolute Gasteiger partial charge is 0.257 e. The van der Waals surface area contributed by atoms with Crippen molar-refractivity contribution >= 4 is 11.6 Å². The van der Waals surface area contributed by atoms with Crippen molar-refractivity contribution in [3.05, 3.63) is 54.0 Å². The minimum atomic E-state index is -0.0491. The maximum absolute atomic E-state index is 12.4. The van der Waals surface area contributed by atoms with Gasteiger partial charge >= 0.3 is 0 Å². The van der Waals surface area contributed by atoms with Gasteiger partial charge in [-0.15, -0.1) is 0 Å². The average molecular weight is 258 g/mol. The molecule has 19 heavy (non-hydrogen) atoms. The van der Waals surface area contributed by atoms with Gasteiger partial charge in [0, 0.05) is 18.3 Å². The fourth-order valence-electron chi connectivity index (χ4n) is 1.90. The Bertz CT molecular complexity index is 547. The van der Waals surface area contributed by atoms with Crippen LogP contribution in [0.25, 0.3) is 0 Å². The zero-order chi connectivity index (χ0) is 13.8. The van der Waals surface area contributed by atoms with E-state index in [1.807, 2.05) is 38.1 Å². The summed E-state index contributed by atoms with van der Waals surface area (Å²) < 4.78 is 4.97. The van der Waals surface area contributed by atoms with Crippen molar-refractivity contribution in [2.45, 2.75) is 26.4 Å². The molecule has 0 aliphatic heterocycles. The van der Waals surface area contributed by atoms with Crippen molar-refractivity contribution in [3.63, 3.8) is 0 Å². The van der Waals surface area contributed by atoms with Gasteiger partial charge in [0.1, 0.15) is 6.26 Å². The molecule has 0 bridgehead atoms. The molecule has 0 aliphatic carbocycles. The number of amides is 1. The first-order valence-electron chi connectivity index (χ1n) is 6.26. The summed E-state index contributed by atoms with van der Waals surface area (Å²) in [6.45, 7) is 4.46. The highest BCUT2D eigenvalue weighted by molar-refractivity contribution is 5.94. The molecule has 1 heterocycles. The number of rotatable bonds is 4. The van der Waals surface area contributed by atoms with Crippen molar-refractivity contribution in [1.29, 1.82) is 0 Å². The summed E-state index contributed by atoms with van der Waals surface area (Å²) in [7, 11) is 0. The lowest BCUT2D eigenvalue weighted by Crippen LogP contribution is -2.36. The number of nitrogens with zero attached hydrogens (tertiary/aromatic N) is 1. The van der Waals surface area contributed by atoms with Crippen LogP contribution in [0.3, 0.4) is 0 Å². The summed E-state index contributed by atoms with van der Waals surface area (Å²) in [4.78, 5) is 14.2. The number of nitrogen functional groups attached to an aromatic ring is 1. The number of hydrogen-bond acceptors (Lipinski definition) is 3. The van der Waals surface area contributed by atoms with E-state index < -0.39 is 0 Å². The zero-order valence-electron chi connectivity index (χ0n) is 11.2. The van der Waals surface area contributed by atoms with Crippen molar-refractivity contribution < 1.29 is 9.21 Å². The van der Waals surface area contributed by atoms with Gasteiger partial charge in [0.25, 0.3) is 5.91 Å². The van der Waals surface area contributed by atoms with Crippen LogP contribution in [0.15, 0.2) is 47.3 Å². The quantitative estimate of drug-likeness (QED) is 0.858. The number of carbonyl (C=O) groups is 1. The average Bonchev–Trinajstić information content (AvgIpc) is 2.90. The van der Waals surface area contributed by atoms with Crippen LogP contribution in [0.5, 0.6) is 0 Å². The third kappa shape index (κ3) is 2.96. The van der Waals surface area contributed by atoms with Crippen LogP contribution < -0.4 is 5.73 Å². The van der Waals surface area contributed by atoms with Gasteiger partial charge in [0.2, 0.25) is 0 Å². The number of nitrogens with two attached hydrogens (primary N) is 1. The normalized spacial score (nSPS) is 10.7. The Morgan fingerprint density at radius 1 is 1.32 bits per heavy atom. The summed E-state index contributed by atoms with van der Waals surface area (Å²) in [5.41, 5.74) is 8.14. The van der Waals surface area contributed by atoms with E-state index >= 15 is 0 Å². The van der Waals surface area contributed by atoms with Gasteiger partial charge in [0.15, 0.2) is 0 Å². The summed E-state index contributed by atoms with van der Waals surface area (Å²) in [6.07, 6.45) is 2.97. The Morgan fingerprint density at radius 3 is 2.63 bits per heavy atom. The summed E-state index contributed by atoms with van der Waals surface area (Å²) >= 11 is 0. The third-order valence-corrected chi connectivity index (χ3v) is 3.05. The number of para-hydroxylation sites is 1. The predicted molar refractivity (Wildman–Crippen MR) is 74.6 cm³/mol. The minimum Gasteiger partial charge on any atom is -0.472 e. The second kappa shape index (κ2) is 5.61. The number of anilines is 1. The van der Waals surface area contributed by atoms with Crippen molar-refractivity contribution in [3.8, 4) is 0 Å². The van der Waals surface area contributed by atoms with Crippen molar-refractivity contribution in [2.75, 3.05) is 5.73 Å². The molecule has 1 amide bonds. The van der Waals surface area contributed by atoms with Crippen LogP contribution in [-0.2, 0) is 6.54 Å². The molecule has 0 atom stereocenters. The second-order valence-electron chi connectivity index (χ2n) is 4.74. The predicted octanol–water partition coefficient (Wildman–Crippen LogP) is 2.91. The second-order valence-corrected chi connectivity index (χ2v) is 4.74. The van der Waals surface area contributed by atoms with Crippen LogP contribution in [0.2, 0.25) is 0 Å². The van der Waals surface area contributed by atoms with Gasteiger partial charge in [-0.1, -0.05) is 18.2 Å². The van der Waals surface area contributed by atoms with Crippen LogP contribution in [-0.4, -0.2) is 16.8 Å². The van der Waals surface area contributed by atoms with Gasteiger partial charge in [-0.05, 0) is 31.5 Å². The first-order chi connectivity index (χ1) is 9.09. The fraction of sp³-hybridized carbons (Fsp3) is 0.267. The Morgan fingerprint density at radius 2 is 2.05 bits per heavy atom. The zero-order valence-corrected chi connectivity index (χ0v) is 11.2. The molecule has 0 aliphatic rings. The van der Waals surface area contributed by atoms with Crippen LogP contribution in [0, 0.1) is 0 Å². The molecule has 0 unspecified atom stereocenters. The Hall–Kier alpha value is -2.23. The number of carbonyl (C=O) groups excluding carboxylic acids is 1. The number of hydrogen-bond donors (Lipinski definition) is 1. The third-order valence-electron chi connectivity index (χ3n) is 3.05. The monoisotopic (exact) mass is 258 g/mol. The van der Waals surface area contributed by atoms with E-state index in [0.29, 0.717) is 17.8 Å². The van der Waals surface area contributed by atoms with E-state index in [9.17, 15) is 4.79 Å². The van der Waals surface area contributed by atoms with Gasteiger partial charge < -0.3 is 15.1 Å². The van der Waals surface area contributed by atoms with E-state index in [0.717, 1.165) is 5.56 Å². The Balaban J connectivity index is 2.22. The van der Waals surface area contributed by atoms with Crippen molar-refractivity contribution in [1.82, 2.24) is 4.90 Å². The van der Waals surface area contributed by atoms with E-state index in [2.05, 4.69) is 0 Å². The summed E-state index contributed by atoms with van der Waals surface area (Å²) in [5, 5.41) is 0. The molecule has 0 spiro atoms. The topological polar surface area (TPSA) is 59.5 Å². The first-order valence-corrected chi connectivity index (χ1v) is 6.26. The van der Waals surface area contributed by atoms with E-state index in [-0.39, 0.29) is 11.9 Å². The molecule has 0 radical (unpaired) electrons. The molecule has 0 saturated heterocycles. The van der Waals surface area contributed by atoms with E-state index in [1.54, 1.807) is 11.0 Å². The maximum atomic E-state index is 12.4. The molecule has 4 nitrogen and oxygen atoms in total. The molecule has 0 fully saturated rings. The standard InChI is InChI=1S/C15H18N2O2/c1-11(2)17(15(18)13-7-8-19-10-13)9-12-5-3-4-6-14(12)16/h3-8,10-11H,9,16H2,1-2H3. The molecule has 4 heteroatoms. The number of benzene rings is 1. The van der Waals surface area contributed by atoms with Gasteiger partial charge in [-0.3, -0.25) is 4.79 Å². The lowest BCUT2D eigenvalue weighted by atomic mass is 10.1. The molecular formula is C15H18N2O2. The Labute approximate surface area is 112 Å². The summed E-state index contributed by atoms with van der Waals surface area (Å²) in [6, 6.07) is 9.35. The van der Waals surface area contributed by atoms with Crippen LogP contribution in [0.4, 0.5) is 5.69 Å². The first kappa shape index (κ1) is 13.2. The lowest BCUT2D eigenvalue weighted by Gasteiger charge is -2.27. The molecule has 2 rings (SSSR count). The largest absolute Gasteiger partial charge is 0.472 e. The lowest BCUT2D eigenvalue weighted by molar-refractivity contribution is 0.0690. The minimum absolute atomic E-state index is 0.0491. The molecule has 2 N–H and O–H groups in total. The van der Waals surface area contributed by atoms with Crippen LogP contribution in [0.1, 0.15) is 29.8 Å². The number of furan rings is 1. The van der Waals surface area contributed by atoms with Gasteiger partial charge in [-0.2, -0.15) is 0 Å². The highest BCUT2D eigenvalue weighted by atomic mass is 16.3. The SMILES string of the molecule is CC(C)N(Cc1ccccc1N)C(=O)c1ccoc1. The molecule has 100 valence electrons. The molecular weight excluding hydrogens is 240 g/mol. The Kier molecular flexibility index (Phi) is 3.90. The van der Waals surface area contributed by atoms with Gasteiger partial charge in [0.05, 0.1) is 11.8 Å². The fourth-order valence-corrected chi connectivity index (χ4v) is 1.90. The van der Waals surface area contributed by atoms with E-state index in [4.69, 9.17) is 10.2 Å².